The van der Waals surface area contributed by atoms with Crippen molar-refractivity contribution in [2.75, 3.05) is 6.54 Å². The van der Waals surface area contributed by atoms with Crippen LogP contribution in [-0.4, -0.2) is 6.54 Å². The van der Waals surface area contributed by atoms with Gasteiger partial charge in [-0.25, -0.2) is 0 Å². The Balaban J connectivity index is 2.01. The third kappa shape index (κ3) is 2.76. The van der Waals surface area contributed by atoms with Gasteiger partial charge in [-0.2, -0.15) is 0 Å². The summed E-state index contributed by atoms with van der Waals surface area (Å²) in [5.41, 5.74) is 2.87. The predicted octanol–water partition coefficient (Wildman–Crippen LogP) is 4.03. The van der Waals surface area contributed by atoms with Gasteiger partial charge in [0.15, 0.2) is 0 Å². The van der Waals surface area contributed by atoms with Crippen molar-refractivity contribution in [3.63, 3.8) is 0 Å². The van der Waals surface area contributed by atoms with Crippen LogP contribution in [0.15, 0.2) is 22.0 Å². The molecule has 2 rings (SSSR count). The fourth-order valence-electron chi connectivity index (χ4n) is 1.96. The zero-order valence-electron chi connectivity index (χ0n) is 8.30. The van der Waals surface area contributed by atoms with Crippen LogP contribution in [-0.2, 0) is 6.42 Å². The summed E-state index contributed by atoms with van der Waals surface area (Å²) in [7, 11) is 0. The van der Waals surface area contributed by atoms with Crippen molar-refractivity contribution < 1.29 is 0 Å². The topological polar surface area (TPSA) is 12.0 Å². The van der Waals surface area contributed by atoms with Gasteiger partial charge in [0.1, 0.15) is 0 Å². The van der Waals surface area contributed by atoms with E-state index in [4.69, 9.17) is 23.2 Å². The van der Waals surface area contributed by atoms with Gasteiger partial charge in [-0.1, -0.05) is 23.2 Å². The van der Waals surface area contributed by atoms with Crippen molar-refractivity contribution in [1.82, 2.24) is 5.32 Å². The second-order valence-electron chi connectivity index (χ2n) is 3.68. The van der Waals surface area contributed by atoms with E-state index in [0.29, 0.717) is 17.6 Å². The van der Waals surface area contributed by atoms with Crippen LogP contribution in [0.2, 0.25) is 0 Å². The molecule has 1 aromatic heterocycles. The molecule has 0 amide bonds. The molecule has 1 atom stereocenters. The molecule has 4 heteroatoms. The highest BCUT2D eigenvalue weighted by Crippen LogP contribution is 2.33. The number of fused-ring (bicyclic) bond motifs is 1. The zero-order valence-corrected chi connectivity index (χ0v) is 10.6. The van der Waals surface area contributed by atoms with Crippen LogP contribution in [0.4, 0.5) is 0 Å². The van der Waals surface area contributed by atoms with E-state index in [9.17, 15) is 0 Å². The van der Waals surface area contributed by atoms with E-state index in [1.807, 2.05) is 11.3 Å². The Labute approximate surface area is 104 Å². The molecule has 1 heterocycles. The molecule has 1 nitrogen and oxygen atoms in total. The van der Waals surface area contributed by atoms with Gasteiger partial charge in [0.05, 0.1) is 0 Å². The summed E-state index contributed by atoms with van der Waals surface area (Å²) in [6, 6.07) is 2.67. The minimum absolute atomic E-state index is 0.449. The smallest absolute Gasteiger partial charge is 0.0432 e. The minimum Gasteiger partial charge on any atom is -0.305 e. The molecule has 1 unspecified atom stereocenters. The average Bonchev–Trinajstić information content (AvgIpc) is 2.74. The summed E-state index contributed by atoms with van der Waals surface area (Å²) < 4.78 is 0. The highest BCUT2D eigenvalue weighted by molar-refractivity contribution is 7.10. The van der Waals surface area contributed by atoms with Gasteiger partial charge in [-0.3, -0.25) is 0 Å². The molecule has 0 radical (unpaired) electrons. The molecule has 1 N–H and O–H groups in total. The maximum atomic E-state index is 5.85. The van der Waals surface area contributed by atoms with Gasteiger partial charge >= 0.3 is 0 Å². The van der Waals surface area contributed by atoms with E-state index >= 15 is 0 Å². The highest BCUT2D eigenvalue weighted by Gasteiger charge is 2.20. The van der Waals surface area contributed by atoms with Crippen molar-refractivity contribution in [3.05, 3.63) is 32.5 Å². The summed E-state index contributed by atoms with van der Waals surface area (Å²) in [5, 5.41) is 6.27. The maximum Gasteiger partial charge on any atom is 0.0432 e. The van der Waals surface area contributed by atoms with Crippen LogP contribution < -0.4 is 5.32 Å². The number of aryl methyl sites for hydroxylation is 1. The number of nitrogens with one attached hydrogen (secondary N) is 1. The summed E-state index contributed by atoms with van der Waals surface area (Å²) in [6.07, 6.45) is 3.67. The van der Waals surface area contributed by atoms with E-state index in [-0.39, 0.29) is 0 Å². The number of halogens is 2. The van der Waals surface area contributed by atoms with Crippen molar-refractivity contribution in [2.45, 2.75) is 25.3 Å². The van der Waals surface area contributed by atoms with E-state index in [0.717, 1.165) is 0 Å². The van der Waals surface area contributed by atoms with Crippen LogP contribution in [0.3, 0.4) is 0 Å². The van der Waals surface area contributed by atoms with Gasteiger partial charge in [0, 0.05) is 28.0 Å². The number of rotatable bonds is 3. The van der Waals surface area contributed by atoms with Crippen LogP contribution in [0.5, 0.6) is 0 Å². The lowest BCUT2D eigenvalue weighted by molar-refractivity contribution is 0.484. The fraction of sp³-hybridized carbons (Fsp3) is 0.455. The van der Waals surface area contributed by atoms with Crippen LogP contribution in [0.1, 0.15) is 29.3 Å². The molecule has 1 aromatic rings. The molecule has 1 aliphatic rings. The van der Waals surface area contributed by atoms with Gasteiger partial charge in [0.25, 0.3) is 0 Å². The molecule has 0 spiro atoms. The third-order valence-electron chi connectivity index (χ3n) is 2.69. The first-order chi connectivity index (χ1) is 7.31. The first kappa shape index (κ1) is 11.5. The van der Waals surface area contributed by atoms with Crippen molar-refractivity contribution >= 4 is 34.5 Å². The number of thiophene rings is 1. The minimum atomic E-state index is 0.449. The molecule has 0 aromatic carbocycles. The lowest BCUT2D eigenvalue weighted by atomic mass is 9.94. The van der Waals surface area contributed by atoms with Crippen LogP contribution in [0.25, 0.3) is 0 Å². The molecule has 1 aliphatic carbocycles. The van der Waals surface area contributed by atoms with Gasteiger partial charge in [-0.05, 0) is 36.3 Å². The Hall–Kier alpha value is -0.0200. The number of hydrogen-bond acceptors (Lipinski definition) is 2. The largest absolute Gasteiger partial charge is 0.305 e. The molecule has 0 saturated carbocycles. The normalized spacial score (nSPS) is 21.5. The summed E-state index contributed by atoms with van der Waals surface area (Å²) in [4.78, 5) is 1.52. The van der Waals surface area contributed by atoms with Crippen LogP contribution in [0, 0.1) is 0 Å². The Morgan fingerprint density at radius 1 is 1.67 bits per heavy atom. The van der Waals surface area contributed by atoms with Crippen molar-refractivity contribution in [1.29, 1.82) is 0 Å². The lowest BCUT2D eigenvalue weighted by Gasteiger charge is -2.23. The molecular formula is C11H13Cl2NS. The second-order valence-corrected chi connectivity index (χ2v) is 5.39. The summed E-state index contributed by atoms with van der Waals surface area (Å²) in [5.74, 6) is 0. The first-order valence-corrected chi connectivity index (χ1v) is 6.75. The Bertz CT molecular complexity index is 359. The standard InChI is InChI=1S/C11H13Cl2NS/c12-6-8(13)7-14-10-2-1-3-11-9(10)4-5-15-11/h4-6,10,14H,1-3,7H2. The van der Waals surface area contributed by atoms with Crippen molar-refractivity contribution in [3.8, 4) is 0 Å². The third-order valence-corrected chi connectivity index (χ3v) is 4.30. The van der Waals surface area contributed by atoms with Crippen molar-refractivity contribution in [2.24, 2.45) is 0 Å². The van der Waals surface area contributed by atoms with Gasteiger partial charge in [-0.15, -0.1) is 11.3 Å². The van der Waals surface area contributed by atoms with E-state index in [2.05, 4.69) is 16.8 Å². The quantitative estimate of drug-likeness (QED) is 0.867. The number of hydrogen-bond donors (Lipinski definition) is 1. The van der Waals surface area contributed by atoms with E-state index < -0.39 is 0 Å². The van der Waals surface area contributed by atoms with E-state index in [1.165, 1.54) is 35.2 Å². The second kappa shape index (κ2) is 5.35. The molecule has 0 fully saturated rings. The monoisotopic (exact) mass is 261 g/mol. The summed E-state index contributed by atoms with van der Waals surface area (Å²) >= 11 is 13.2. The molecule has 15 heavy (non-hydrogen) atoms. The summed E-state index contributed by atoms with van der Waals surface area (Å²) in [6.45, 7) is 0.658. The fourth-order valence-corrected chi connectivity index (χ4v) is 3.10. The highest BCUT2D eigenvalue weighted by atomic mass is 35.5. The Kier molecular flexibility index (Phi) is 4.09. The molecular weight excluding hydrogens is 249 g/mol. The Morgan fingerprint density at radius 3 is 3.33 bits per heavy atom. The first-order valence-electron chi connectivity index (χ1n) is 5.05. The molecule has 0 bridgehead atoms. The van der Waals surface area contributed by atoms with Gasteiger partial charge in [0.2, 0.25) is 0 Å². The van der Waals surface area contributed by atoms with Gasteiger partial charge < -0.3 is 5.32 Å². The lowest BCUT2D eigenvalue weighted by Crippen LogP contribution is -2.25. The molecule has 82 valence electrons. The van der Waals surface area contributed by atoms with Crippen LogP contribution >= 0.6 is 34.5 Å². The maximum absolute atomic E-state index is 5.85. The molecule has 0 saturated heterocycles. The Morgan fingerprint density at radius 2 is 2.53 bits per heavy atom. The predicted molar refractivity (Wildman–Crippen MR) is 67.8 cm³/mol. The SMILES string of the molecule is ClC=C(Cl)CNC1CCCc2sccc21. The van der Waals surface area contributed by atoms with E-state index in [1.54, 1.807) is 0 Å². The molecule has 0 aliphatic heterocycles. The zero-order chi connectivity index (χ0) is 10.7. The average molecular weight is 262 g/mol.